The van der Waals surface area contributed by atoms with Crippen molar-refractivity contribution in [3.8, 4) is 11.6 Å². The normalized spacial score (nSPS) is 14.7. The van der Waals surface area contributed by atoms with Crippen molar-refractivity contribution in [2.45, 2.75) is 45.8 Å². The Kier molecular flexibility index (Phi) is 8.23. The third-order valence-electron chi connectivity index (χ3n) is 7.99. The molecule has 2 aromatic heterocycles. The van der Waals surface area contributed by atoms with Gasteiger partial charge >= 0.3 is 5.97 Å². The van der Waals surface area contributed by atoms with E-state index in [-0.39, 0.29) is 24.0 Å². The van der Waals surface area contributed by atoms with Crippen LogP contribution in [0.25, 0.3) is 21.7 Å². The summed E-state index contributed by atoms with van der Waals surface area (Å²) in [5.74, 6) is -0.104. The van der Waals surface area contributed by atoms with Gasteiger partial charge in [0.05, 0.1) is 17.7 Å². The zero-order valence-corrected chi connectivity index (χ0v) is 24.8. The van der Waals surface area contributed by atoms with E-state index in [4.69, 9.17) is 25.5 Å². The maximum absolute atomic E-state index is 13.7. The van der Waals surface area contributed by atoms with E-state index in [1.54, 1.807) is 26.1 Å². The van der Waals surface area contributed by atoms with Gasteiger partial charge in [0.2, 0.25) is 5.88 Å². The molecule has 43 heavy (non-hydrogen) atoms. The Morgan fingerprint density at radius 3 is 2.63 bits per heavy atom. The number of aryl methyl sites for hydroxylation is 1. The molecule has 6 rings (SSSR count). The number of carbonyl (C=O) groups excluding carboxylic acids is 1. The fourth-order valence-corrected chi connectivity index (χ4v) is 6.26. The summed E-state index contributed by atoms with van der Waals surface area (Å²) < 4.78 is 31.4. The summed E-state index contributed by atoms with van der Waals surface area (Å²) in [5, 5.41) is 13.9. The number of aromatic hydroxyl groups is 1. The Hall–Kier alpha value is -4.14. The van der Waals surface area contributed by atoms with E-state index in [0.717, 1.165) is 37.9 Å². The van der Waals surface area contributed by atoms with Gasteiger partial charge in [-0.15, -0.1) is 0 Å². The number of nitrogens with zero attached hydrogens (tertiary/aromatic N) is 2. The zero-order chi connectivity index (χ0) is 30.1. The number of fused-ring (bicyclic) bond motifs is 3. The zero-order valence-electron chi connectivity index (χ0n) is 24.0. The number of likely N-dealkylation sites (tertiary alicyclic amines) is 1. The first-order valence-corrected chi connectivity index (χ1v) is 14.9. The molecule has 1 atom stereocenters. The van der Waals surface area contributed by atoms with Crippen LogP contribution in [-0.2, 0) is 11.3 Å². The molecular formula is C34H32ClFN2O5. The summed E-state index contributed by atoms with van der Waals surface area (Å²) in [4.78, 5) is 20.1. The van der Waals surface area contributed by atoms with E-state index < -0.39 is 17.8 Å². The Labute approximate surface area is 253 Å². The largest absolute Gasteiger partial charge is 0.507 e. The summed E-state index contributed by atoms with van der Waals surface area (Å²) >= 11 is 5.96. The Bertz CT molecular complexity index is 1810. The number of aromatic nitrogens is 1. The molecule has 222 valence electrons. The van der Waals surface area contributed by atoms with Crippen LogP contribution in [0.2, 0.25) is 5.02 Å². The third kappa shape index (κ3) is 5.53. The predicted molar refractivity (Wildman–Crippen MR) is 163 cm³/mol. The quantitative estimate of drug-likeness (QED) is 0.180. The summed E-state index contributed by atoms with van der Waals surface area (Å²) in [6.45, 7) is 5.47. The van der Waals surface area contributed by atoms with Crippen LogP contribution in [0.4, 0.5) is 4.39 Å². The monoisotopic (exact) mass is 602 g/mol. The highest BCUT2D eigenvalue weighted by Gasteiger charge is 2.34. The number of rotatable bonds is 8. The number of phenolic OH excluding ortho intramolecular Hbond substituents is 1. The molecule has 0 bridgehead atoms. The summed E-state index contributed by atoms with van der Waals surface area (Å²) in [6.07, 6.45) is 4.79. The first-order chi connectivity index (χ1) is 20.9. The standard InChI is InChI=1S/C34H32ClFN2O5/c1-3-41-34(40)28-20(2)43-33-24-10-6-5-9-23(24)32(39)30(29(28)33)31(38-15-7-4-8-16-38)22-13-14-37-27(18-22)42-19-21-11-12-26(36)25(35)17-21/h5-6,9-14,17-18,31,39H,3-4,7-8,15-16,19H2,1-2H3. The number of hydrogen-bond donors (Lipinski definition) is 1. The number of furan rings is 1. The molecule has 1 fully saturated rings. The van der Waals surface area contributed by atoms with Crippen molar-refractivity contribution >= 4 is 39.3 Å². The molecule has 1 saturated heterocycles. The van der Waals surface area contributed by atoms with Crippen molar-refractivity contribution in [3.63, 3.8) is 0 Å². The Morgan fingerprint density at radius 1 is 1.12 bits per heavy atom. The fourth-order valence-electron chi connectivity index (χ4n) is 6.05. The van der Waals surface area contributed by atoms with Gasteiger partial charge < -0.3 is 19.0 Å². The van der Waals surface area contributed by atoms with E-state index in [1.165, 1.54) is 12.1 Å². The van der Waals surface area contributed by atoms with Crippen LogP contribution in [-0.4, -0.2) is 40.7 Å². The number of ether oxygens (including phenoxy) is 2. The molecular weight excluding hydrogens is 571 g/mol. The van der Waals surface area contributed by atoms with Gasteiger partial charge in [-0.1, -0.05) is 48.4 Å². The first-order valence-electron chi connectivity index (χ1n) is 14.5. The highest BCUT2D eigenvalue weighted by Crippen LogP contribution is 2.48. The van der Waals surface area contributed by atoms with E-state index in [9.17, 15) is 14.3 Å². The van der Waals surface area contributed by atoms with E-state index in [0.29, 0.717) is 50.1 Å². The van der Waals surface area contributed by atoms with Gasteiger partial charge in [-0.3, -0.25) is 4.90 Å². The molecule has 5 aromatic rings. The second-order valence-electron chi connectivity index (χ2n) is 10.7. The lowest BCUT2D eigenvalue weighted by Gasteiger charge is -2.36. The molecule has 0 amide bonds. The Balaban J connectivity index is 1.53. The number of hydrogen-bond acceptors (Lipinski definition) is 7. The molecule has 3 heterocycles. The van der Waals surface area contributed by atoms with Gasteiger partial charge in [0.15, 0.2) is 0 Å². The lowest BCUT2D eigenvalue weighted by Crippen LogP contribution is -2.34. The molecule has 1 aliphatic heterocycles. The number of pyridine rings is 1. The molecule has 0 aliphatic carbocycles. The minimum absolute atomic E-state index is 0.0246. The first kappa shape index (κ1) is 29.0. The molecule has 0 radical (unpaired) electrons. The second-order valence-corrected chi connectivity index (χ2v) is 11.1. The van der Waals surface area contributed by atoms with E-state index >= 15 is 0 Å². The molecule has 7 nitrogen and oxygen atoms in total. The van der Waals surface area contributed by atoms with E-state index in [1.807, 2.05) is 36.4 Å². The van der Waals surface area contributed by atoms with Crippen LogP contribution >= 0.6 is 11.6 Å². The number of carbonyl (C=O) groups is 1. The number of esters is 1. The Morgan fingerprint density at radius 2 is 1.88 bits per heavy atom. The van der Waals surface area contributed by atoms with Crippen molar-refractivity contribution in [1.82, 2.24) is 9.88 Å². The van der Waals surface area contributed by atoms with Crippen molar-refractivity contribution in [2.24, 2.45) is 0 Å². The van der Waals surface area contributed by atoms with Gasteiger partial charge in [0.1, 0.15) is 35.1 Å². The average molecular weight is 603 g/mol. The van der Waals surface area contributed by atoms with Crippen LogP contribution in [0.15, 0.2) is 65.2 Å². The molecule has 9 heteroatoms. The molecule has 3 aromatic carbocycles. The lowest BCUT2D eigenvalue weighted by atomic mass is 9.88. The highest BCUT2D eigenvalue weighted by atomic mass is 35.5. The van der Waals surface area contributed by atoms with Gasteiger partial charge in [0, 0.05) is 34.0 Å². The van der Waals surface area contributed by atoms with Crippen molar-refractivity contribution in [2.75, 3.05) is 19.7 Å². The number of piperidine rings is 1. The lowest BCUT2D eigenvalue weighted by molar-refractivity contribution is 0.0526. The van der Waals surface area contributed by atoms with Crippen molar-refractivity contribution < 1.29 is 28.2 Å². The highest BCUT2D eigenvalue weighted by molar-refractivity contribution is 6.30. The maximum atomic E-state index is 13.7. The summed E-state index contributed by atoms with van der Waals surface area (Å²) in [6, 6.07) is 15.2. The van der Waals surface area contributed by atoms with Crippen LogP contribution in [0, 0.1) is 12.7 Å². The van der Waals surface area contributed by atoms with Crippen LogP contribution in [0.3, 0.4) is 0 Å². The topological polar surface area (TPSA) is 85.0 Å². The minimum atomic E-state index is -0.496. The van der Waals surface area contributed by atoms with Crippen molar-refractivity contribution in [1.29, 1.82) is 0 Å². The molecule has 1 unspecified atom stereocenters. The number of benzene rings is 3. The predicted octanol–water partition coefficient (Wildman–Crippen LogP) is 8.12. The average Bonchev–Trinajstić information content (AvgIpc) is 3.37. The fraction of sp³-hybridized carbons (Fsp3) is 0.294. The summed E-state index contributed by atoms with van der Waals surface area (Å²) in [7, 11) is 0. The smallest absolute Gasteiger partial charge is 0.342 e. The second kappa shape index (κ2) is 12.2. The van der Waals surface area contributed by atoms with Crippen molar-refractivity contribution in [3.05, 3.63) is 99.6 Å². The van der Waals surface area contributed by atoms with Crippen LogP contribution in [0.1, 0.15) is 65.0 Å². The minimum Gasteiger partial charge on any atom is -0.507 e. The van der Waals surface area contributed by atoms with Crippen LogP contribution < -0.4 is 4.74 Å². The number of phenols is 1. The van der Waals surface area contributed by atoms with Crippen LogP contribution in [0.5, 0.6) is 11.6 Å². The molecule has 0 saturated carbocycles. The van der Waals surface area contributed by atoms with Gasteiger partial charge in [-0.25, -0.2) is 14.2 Å². The molecule has 0 spiro atoms. The SMILES string of the molecule is CCOC(=O)c1c(C)oc2c1c(C(c1ccnc(OCc3ccc(F)c(Cl)c3)c1)N1CCCCC1)c(O)c1ccccc12. The molecule has 1 N–H and O–H groups in total. The maximum Gasteiger partial charge on any atom is 0.342 e. The van der Waals surface area contributed by atoms with E-state index in [2.05, 4.69) is 9.88 Å². The van der Waals surface area contributed by atoms with Gasteiger partial charge in [-0.05, 0) is 69.1 Å². The van der Waals surface area contributed by atoms with Gasteiger partial charge in [-0.2, -0.15) is 0 Å². The number of halogens is 2. The van der Waals surface area contributed by atoms with Gasteiger partial charge in [0.25, 0.3) is 0 Å². The molecule has 1 aliphatic rings. The third-order valence-corrected chi connectivity index (χ3v) is 8.28. The summed E-state index contributed by atoms with van der Waals surface area (Å²) in [5.41, 5.74) is 2.97.